The van der Waals surface area contributed by atoms with Crippen molar-refractivity contribution in [2.24, 2.45) is 0 Å². The normalized spacial score (nSPS) is 10.7. The zero-order valence-electron chi connectivity index (χ0n) is 9.41. The molecule has 0 aliphatic carbocycles. The van der Waals surface area contributed by atoms with Crippen LogP contribution in [0, 0.1) is 0 Å². The number of hydrogen-bond donors (Lipinski definition) is 1. The molecule has 0 bridgehead atoms. The number of benzene rings is 1. The molecule has 2 nitrogen and oxygen atoms in total. The highest BCUT2D eigenvalue weighted by Crippen LogP contribution is 2.20. The second-order valence-corrected chi connectivity index (χ2v) is 4.58. The minimum absolute atomic E-state index is 0.0447. The Labute approximate surface area is 112 Å². The molecule has 0 fully saturated rings. The third kappa shape index (κ3) is 3.50. The monoisotopic (exact) mass is 312 g/mol. The summed E-state index contributed by atoms with van der Waals surface area (Å²) in [5.41, 5.74) is 1.71. The summed E-state index contributed by atoms with van der Waals surface area (Å²) < 4.78 is 25.8. The van der Waals surface area contributed by atoms with E-state index in [2.05, 4.69) is 26.2 Å². The predicted octanol–water partition coefficient (Wildman–Crippen LogP) is 4.39. The number of nitrogens with zero attached hydrogens (tertiary/aromatic N) is 1. The van der Waals surface area contributed by atoms with Crippen molar-refractivity contribution in [3.63, 3.8) is 0 Å². The minimum Gasteiger partial charge on any atom is -0.380 e. The van der Waals surface area contributed by atoms with E-state index in [4.69, 9.17) is 0 Å². The summed E-state index contributed by atoms with van der Waals surface area (Å²) in [7, 11) is 0. The Bertz CT molecular complexity index is 515. The molecule has 1 aromatic carbocycles. The van der Waals surface area contributed by atoms with Crippen LogP contribution in [0.15, 0.2) is 47.2 Å². The van der Waals surface area contributed by atoms with Crippen molar-refractivity contribution >= 4 is 21.6 Å². The molecule has 0 amide bonds. The van der Waals surface area contributed by atoms with Gasteiger partial charge in [-0.1, -0.05) is 18.2 Å². The lowest BCUT2D eigenvalue weighted by molar-refractivity contribution is 0.151. The lowest BCUT2D eigenvalue weighted by atomic mass is 10.1. The molecule has 18 heavy (non-hydrogen) atoms. The predicted molar refractivity (Wildman–Crippen MR) is 70.7 cm³/mol. The van der Waals surface area contributed by atoms with Gasteiger partial charge in [-0.15, -0.1) is 0 Å². The van der Waals surface area contributed by atoms with E-state index in [9.17, 15) is 8.78 Å². The Morgan fingerprint density at radius 2 is 2.06 bits per heavy atom. The third-order valence-electron chi connectivity index (χ3n) is 2.43. The molecule has 0 aliphatic heterocycles. The first-order valence-corrected chi connectivity index (χ1v) is 6.17. The maximum atomic E-state index is 12.5. The second kappa shape index (κ2) is 5.91. The minimum atomic E-state index is -2.43. The number of alkyl halides is 2. The number of hydrogen-bond acceptors (Lipinski definition) is 2. The first kappa shape index (κ1) is 13.0. The molecule has 1 N–H and O–H groups in total. The van der Waals surface area contributed by atoms with E-state index in [1.165, 1.54) is 12.1 Å². The van der Waals surface area contributed by atoms with Crippen molar-refractivity contribution in [3.8, 4) is 0 Å². The average molecular weight is 313 g/mol. The van der Waals surface area contributed by atoms with E-state index < -0.39 is 6.43 Å². The van der Waals surface area contributed by atoms with Crippen molar-refractivity contribution in [3.05, 3.63) is 58.3 Å². The average Bonchev–Trinajstić information content (AvgIpc) is 2.38. The fourth-order valence-electron chi connectivity index (χ4n) is 1.52. The highest BCUT2D eigenvalue weighted by molar-refractivity contribution is 9.10. The first-order chi connectivity index (χ1) is 8.65. The standard InChI is InChI=1S/C13H11BrF2N2/c14-12-5-4-11(8-18-12)17-7-9-2-1-3-10(6-9)13(15)16/h1-6,8,13,17H,7H2. The van der Waals surface area contributed by atoms with Gasteiger partial charge < -0.3 is 5.32 Å². The molecular formula is C13H11BrF2N2. The number of rotatable bonds is 4. The Kier molecular flexibility index (Phi) is 4.25. The molecule has 2 rings (SSSR count). The maximum absolute atomic E-state index is 12.5. The van der Waals surface area contributed by atoms with E-state index in [0.717, 1.165) is 15.9 Å². The number of halogens is 3. The van der Waals surface area contributed by atoms with E-state index in [1.54, 1.807) is 12.3 Å². The summed E-state index contributed by atoms with van der Waals surface area (Å²) in [6.45, 7) is 0.490. The Morgan fingerprint density at radius 1 is 1.22 bits per heavy atom. The van der Waals surface area contributed by atoms with Crippen LogP contribution in [0.25, 0.3) is 0 Å². The van der Waals surface area contributed by atoms with Crippen molar-refractivity contribution in [2.45, 2.75) is 13.0 Å². The van der Waals surface area contributed by atoms with Crippen LogP contribution in [0.3, 0.4) is 0 Å². The lowest BCUT2D eigenvalue weighted by Gasteiger charge is -2.07. The molecule has 0 radical (unpaired) electrons. The molecule has 0 spiro atoms. The topological polar surface area (TPSA) is 24.9 Å². The van der Waals surface area contributed by atoms with Crippen LogP contribution < -0.4 is 5.32 Å². The summed E-state index contributed by atoms with van der Waals surface area (Å²) in [5, 5.41) is 3.13. The van der Waals surface area contributed by atoms with E-state index in [-0.39, 0.29) is 5.56 Å². The van der Waals surface area contributed by atoms with Crippen LogP contribution in [0.2, 0.25) is 0 Å². The molecule has 0 saturated heterocycles. The van der Waals surface area contributed by atoms with Crippen LogP contribution in [-0.2, 0) is 6.54 Å². The van der Waals surface area contributed by atoms with Gasteiger partial charge in [-0.2, -0.15) is 0 Å². The van der Waals surface area contributed by atoms with Gasteiger partial charge in [0, 0.05) is 12.1 Å². The summed E-state index contributed by atoms with van der Waals surface area (Å²) >= 11 is 3.24. The Hall–Kier alpha value is -1.49. The van der Waals surface area contributed by atoms with Gasteiger partial charge in [0.05, 0.1) is 11.9 Å². The molecule has 0 atom stereocenters. The molecular weight excluding hydrogens is 302 g/mol. The summed E-state index contributed by atoms with van der Waals surface area (Å²) in [6.07, 6.45) is -0.750. The largest absolute Gasteiger partial charge is 0.380 e. The molecule has 94 valence electrons. The summed E-state index contributed by atoms with van der Waals surface area (Å²) in [6, 6.07) is 10.1. The lowest BCUT2D eigenvalue weighted by Crippen LogP contribution is -2.00. The Morgan fingerprint density at radius 3 is 2.72 bits per heavy atom. The van der Waals surface area contributed by atoms with Gasteiger partial charge in [0.25, 0.3) is 6.43 Å². The van der Waals surface area contributed by atoms with Crippen molar-refractivity contribution in [1.29, 1.82) is 0 Å². The van der Waals surface area contributed by atoms with Gasteiger partial charge >= 0.3 is 0 Å². The van der Waals surface area contributed by atoms with Gasteiger partial charge in [-0.3, -0.25) is 0 Å². The quantitative estimate of drug-likeness (QED) is 0.847. The van der Waals surface area contributed by atoms with Gasteiger partial charge in [0.15, 0.2) is 0 Å². The zero-order chi connectivity index (χ0) is 13.0. The third-order valence-corrected chi connectivity index (χ3v) is 2.90. The molecule has 5 heteroatoms. The van der Waals surface area contributed by atoms with Crippen molar-refractivity contribution in [1.82, 2.24) is 4.98 Å². The second-order valence-electron chi connectivity index (χ2n) is 3.77. The molecule has 1 aromatic heterocycles. The molecule has 2 aromatic rings. The van der Waals surface area contributed by atoms with Gasteiger partial charge in [0.2, 0.25) is 0 Å². The van der Waals surface area contributed by atoms with Crippen LogP contribution in [0.1, 0.15) is 17.6 Å². The SMILES string of the molecule is FC(F)c1cccc(CNc2ccc(Br)nc2)c1. The zero-order valence-corrected chi connectivity index (χ0v) is 11.0. The van der Waals surface area contributed by atoms with Crippen molar-refractivity contribution in [2.75, 3.05) is 5.32 Å². The van der Waals surface area contributed by atoms with E-state index in [0.29, 0.717) is 6.54 Å². The molecule has 1 heterocycles. The summed E-state index contributed by atoms with van der Waals surface area (Å²) in [4.78, 5) is 4.07. The fourth-order valence-corrected chi connectivity index (χ4v) is 1.76. The number of anilines is 1. The molecule has 0 unspecified atom stereocenters. The van der Waals surface area contributed by atoms with Crippen molar-refractivity contribution < 1.29 is 8.78 Å². The van der Waals surface area contributed by atoms with Crippen LogP contribution >= 0.6 is 15.9 Å². The molecule has 0 aliphatic rings. The maximum Gasteiger partial charge on any atom is 0.263 e. The fraction of sp³-hybridized carbons (Fsp3) is 0.154. The van der Waals surface area contributed by atoms with Gasteiger partial charge in [0.1, 0.15) is 4.60 Å². The highest BCUT2D eigenvalue weighted by atomic mass is 79.9. The summed E-state index contributed by atoms with van der Waals surface area (Å²) in [5.74, 6) is 0. The first-order valence-electron chi connectivity index (χ1n) is 5.37. The highest BCUT2D eigenvalue weighted by Gasteiger charge is 2.06. The van der Waals surface area contributed by atoms with Gasteiger partial charge in [-0.25, -0.2) is 13.8 Å². The van der Waals surface area contributed by atoms with Gasteiger partial charge in [-0.05, 0) is 39.7 Å². The number of aromatic nitrogens is 1. The Balaban J connectivity index is 2.01. The van der Waals surface area contributed by atoms with Crippen LogP contribution in [0.4, 0.5) is 14.5 Å². The van der Waals surface area contributed by atoms with Crippen LogP contribution in [-0.4, -0.2) is 4.98 Å². The van der Waals surface area contributed by atoms with E-state index in [1.807, 2.05) is 18.2 Å². The van der Waals surface area contributed by atoms with Crippen LogP contribution in [0.5, 0.6) is 0 Å². The van der Waals surface area contributed by atoms with E-state index >= 15 is 0 Å². The number of nitrogens with one attached hydrogen (secondary N) is 1. The number of pyridine rings is 1. The smallest absolute Gasteiger partial charge is 0.263 e. The molecule has 0 saturated carbocycles.